The van der Waals surface area contributed by atoms with Crippen LogP contribution in [0.1, 0.15) is 60.8 Å². The van der Waals surface area contributed by atoms with Gasteiger partial charge < -0.3 is 31.1 Å². The molecule has 3 aromatic carbocycles. The van der Waals surface area contributed by atoms with Crippen molar-refractivity contribution in [1.82, 2.24) is 10.2 Å². The van der Waals surface area contributed by atoms with Crippen LogP contribution in [0.25, 0.3) is 6.08 Å². The van der Waals surface area contributed by atoms with Gasteiger partial charge in [-0.3, -0.25) is 9.59 Å². The summed E-state index contributed by atoms with van der Waals surface area (Å²) in [4.78, 5) is 32.5. The standard InChI is InChI=1S/C33H39N5O4/c1-3-18-38(19-8-17-35-31(39)23-13-15-28(16-14-23)42-4-2)33(41)26-20-24-11-12-25(21-29(24)37-30(34)22-26)32(40)36-27-9-6-5-7-10-27/h5-7,9-16,20-21,32,36,40H,3-4,8,17-19,22H2,1-2H3,(H2,34,37)(H,35,39). The van der Waals surface area contributed by atoms with Gasteiger partial charge in [0.25, 0.3) is 5.91 Å². The molecule has 0 saturated carbocycles. The molecule has 1 aliphatic heterocycles. The van der Waals surface area contributed by atoms with E-state index in [0.29, 0.717) is 60.9 Å². The molecular weight excluding hydrogens is 530 g/mol. The fourth-order valence-electron chi connectivity index (χ4n) is 4.72. The molecule has 9 heteroatoms. The number of benzene rings is 3. The number of rotatable bonds is 13. The smallest absolute Gasteiger partial charge is 0.251 e. The second-order valence-electron chi connectivity index (χ2n) is 10.0. The Labute approximate surface area is 247 Å². The second kappa shape index (κ2) is 14.8. The average Bonchev–Trinajstić information content (AvgIpc) is 3.16. The third-order valence-electron chi connectivity index (χ3n) is 6.79. The first-order valence-corrected chi connectivity index (χ1v) is 14.4. The SMILES string of the molecule is CCCN(CCCNC(=O)c1ccc(OCC)cc1)C(=O)C1=Cc2ccc(C(O)Nc3ccccc3)cc2N=C(N)C1. The first kappa shape index (κ1) is 30.3. The van der Waals surface area contributed by atoms with Crippen molar-refractivity contribution in [2.45, 2.75) is 39.3 Å². The second-order valence-corrected chi connectivity index (χ2v) is 10.0. The number of anilines is 1. The minimum atomic E-state index is -0.933. The fraction of sp³-hybridized carbons (Fsp3) is 0.303. The summed E-state index contributed by atoms with van der Waals surface area (Å²) < 4.78 is 5.43. The van der Waals surface area contributed by atoms with Gasteiger partial charge in [-0.25, -0.2) is 4.99 Å². The predicted molar refractivity (Wildman–Crippen MR) is 167 cm³/mol. The number of hydrogen-bond donors (Lipinski definition) is 4. The number of nitrogens with zero attached hydrogens (tertiary/aromatic N) is 2. The Hall–Kier alpha value is -4.63. The van der Waals surface area contributed by atoms with E-state index in [1.54, 1.807) is 35.2 Å². The van der Waals surface area contributed by atoms with Crippen molar-refractivity contribution in [3.8, 4) is 5.75 Å². The zero-order chi connectivity index (χ0) is 29.9. The highest BCUT2D eigenvalue weighted by Crippen LogP contribution is 2.30. The van der Waals surface area contributed by atoms with Crippen molar-refractivity contribution in [1.29, 1.82) is 0 Å². The van der Waals surface area contributed by atoms with Crippen LogP contribution in [0.15, 0.2) is 83.4 Å². The maximum atomic E-state index is 13.6. The van der Waals surface area contributed by atoms with Gasteiger partial charge in [-0.05, 0) is 68.3 Å². The first-order valence-electron chi connectivity index (χ1n) is 14.4. The van der Waals surface area contributed by atoms with Crippen LogP contribution in [-0.4, -0.2) is 53.9 Å². The molecule has 9 nitrogen and oxygen atoms in total. The molecule has 3 aromatic rings. The van der Waals surface area contributed by atoms with Gasteiger partial charge in [0.05, 0.1) is 12.3 Å². The summed E-state index contributed by atoms with van der Waals surface area (Å²) in [5.74, 6) is 0.787. The number of nitrogens with one attached hydrogen (secondary N) is 2. The number of aliphatic imine (C=N–C) groups is 1. The van der Waals surface area contributed by atoms with Gasteiger partial charge in [0.15, 0.2) is 6.23 Å². The summed E-state index contributed by atoms with van der Waals surface area (Å²) in [5.41, 5.74) is 10.1. The number of fused-ring (bicyclic) bond motifs is 1. The Kier molecular flexibility index (Phi) is 10.7. The van der Waals surface area contributed by atoms with E-state index in [1.165, 1.54) is 0 Å². The lowest BCUT2D eigenvalue weighted by Gasteiger charge is -2.23. The summed E-state index contributed by atoms with van der Waals surface area (Å²) in [7, 11) is 0. The van der Waals surface area contributed by atoms with Gasteiger partial charge in [-0.1, -0.05) is 37.3 Å². The van der Waals surface area contributed by atoms with E-state index < -0.39 is 6.23 Å². The van der Waals surface area contributed by atoms with E-state index in [9.17, 15) is 14.7 Å². The van der Waals surface area contributed by atoms with Crippen molar-refractivity contribution in [2.24, 2.45) is 10.7 Å². The van der Waals surface area contributed by atoms with E-state index in [-0.39, 0.29) is 18.2 Å². The maximum absolute atomic E-state index is 13.6. The summed E-state index contributed by atoms with van der Waals surface area (Å²) >= 11 is 0. The number of para-hydroxylation sites is 1. The van der Waals surface area contributed by atoms with E-state index in [2.05, 4.69) is 15.6 Å². The van der Waals surface area contributed by atoms with Gasteiger partial charge >= 0.3 is 0 Å². The molecule has 0 radical (unpaired) electrons. The van der Waals surface area contributed by atoms with Crippen molar-refractivity contribution in [3.63, 3.8) is 0 Å². The third-order valence-corrected chi connectivity index (χ3v) is 6.79. The summed E-state index contributed by atoms with van der Waals surface area (Å²) in [6.45, 7) is 6.02. The van der Waals surface area contributed by atoms with Crippen LogP contribution in [-0.2, 0) is 4.79 Å². The molecule has 1 atom stereocenters. The predicted octanol–water partition coefficient (Wildman–Crippen LogP) is 5.02. The quantitative estimate of drug-likeness (QED) is 0.169. The molecule has 1 heterocycles. The molecule has 0 fully saturated rings. The monoisotopic (exact) mass is 569 g/mol. The number of amidine groups is 1. The zero-order valence-electron chi connectivity index (χ0n) is 24.2. The van der Waals surface area contributed by atoms with Crippen LogP contribution < -0.4 is 21.1 Å². The summed E-state index contributed by atoms with van der Waals surface area (Å²) in [6.07, 6.45) is 2.53. The maximum Gasteiger partial charge on any atom is 0.251 e. The number of nitrogens with two attached hydrogens (primary N) is 1. The number of aliphatic hydroxyl groups excluding tert-OH is 1. The molecule has 220 valence electrons. The molecule has 42 heavy (non-hydrogen) atoms. The first-order chi connectivity index (χ1) is 20.4. The number of carbonyl (C=O) groups excluding carboxylic acids is 2. The lowest BCUT2D eigenvalue weighted by Crippen LogP contribution is -2.36. The lowest BCUT2D eigenvalue weighted by molar-refractivity contribution is -0.127. The van der Waals surface area contributed by atoms with Crippen molar-refractivity contribution in [2.75, 3.05) is 31.6 Å². The molecule has 2 amide bonds. The van der Waals surface area contributed by atoms with E-state index in [4.69, 9.17) is 10.5 Å². The highest BCUT2D eigenvalue weighted by atomic mass is 16.5. The fourth-order valence-corrected chi connectivity index (χ4v) is 4.72. The van der Waals surface area contributed by atoms with Crippen LogP contribution in [0.5, 0.6) is 5.75 Å². The minimum Gasteiger partial charge on any atom is -0.494 e. The Morgan fingerprint density at radius 1 is 1.05 bits per heavy atom. The number of amides is 2. The average molecular weight is 570 g/mol. The van der Waals surface area contributed by atoms with Crippen LogP contribution in [0.3, 0.4) is 0 Å². The van der Waals surface area contributed by atoms with Crippen molar-refractivity contribution in [3.05, 3.63) is 95.1 Å². The molecule has 0 aliphatic carbocycles. The van der Waals surface area contributed by atoms with Crippen LogP contribution >= 0.6 is 0 Å². The molecule has 0 spiro atoms. The summed E-state index contributed by atoms with van der Waals surface area (Å²) in [5, 5.41) is 16.7. The summed E-state index contributed by atoms with van der Waals surface area (Å²) in [6, 6.07) is 21.9. The molecule has 0 aromatic heterocycles. The van der Waals surface area contributed by atoms with Crippen LogP contribution in [0, 0.1) is 0 Å². The molecule has 0 saturated heterocycles. The number of ether oxygens (including phenoxy) is 1. The Morgan fingerprint density at radius 2 is 1.81 bits per heavy atom. The Bertz CT molecular complexity index is 1420. The van der Waals surface area contributed by atoms with Gasteiger partial charge in [0, 0.05) is 54.0 Å². The van der Waals surface area contributed by atoms with E-state index in [0.717, 1.165) is 23.4 Å². The van der Waals surface area contributed by atoms with Gasteiger partial charge in [-0.2, -0.15) is 0 Å². The Balaban J connectivity index is 1.38. The minimum absolute atomic E-state index is 0.101. The number of hydrogen-bond acceptors (Lipinski definition) is 7. The normalized spacial score (nSPS) is 13.1. The molecule has 1 unspecified atom stereocenters. The van der Waals surface area contributed by atoms with Gasteiger partial charge in [0.2, 0.25) is 5.91 Å². The number of carbonyl (C=O) groups is 2. The van der Waals surface area contributed by atoms with Crippen LogP contribution in [0.4, 0.5) is 11.4 Å². The van der Waals surface area contributed by atoms with Crippen molar-refractivity contribution < 1.29 is 19.4 Å². The highest BCUT2D eigenvalue weighted by Gasteiger charge is 2.22. The third kappa shape index (κ3) is 8.20. The molecular formula is C33H39N5O4. The number of aliphatic hydroxyl groups is 1. The topological polar surface area (TPSA) is 129 Å². The Morgan fingerprint density at radius 3 is 2.52 bits per heavy atom. The van der Waals surface area contributed by atoms with Gasteiger partial charge in [-0.15, -0.1) is 0 Å². The molecule has 1 aliphatic rings. The van der Waals surface area contributed by atoms with E-state index in [1.807, 2.05) is 62.4 Å². The van der Waals surface area contributed by atoms with Crippen LogP contribution in [0.2, 0.25) is 0 Å². The zero-order valence-corrected chi connectivity index (χ0v) is 24.2. The highest BCUT2D eigenvalue weighted by molar-refractivity contribution is 6.05. The van der Waals surface area contributed by atoms with E-state index >= 15 is 0 Å². The molecule has 5 N–H and O–H groups in total. The van der Waals surface area contributed by atoms with Crippen molar-refractivity contribution >= 4 is 35.1 Å². The lowest BCUT2D eigenvalue weighted by atomic mass is 10.0. The molecule has 0 bridgehead atoms. The van der Waals surface area contributed by atoms with Gasteiger partial charge in [0.1, 0.15) is 11.6 Å². The largest absolute Gasteiger partial charge is 0.494 e. The molecule has 4 rings (SSSR count).